The van der Waals surface area contributed by atoms with Gasteiger partial charge in [0.05, 0.1) is 33.7 Å². The average molecular weight is 529 g/mol. The zero-order chi connectivity index (χ0) is 23.8. The van der Waals surface area contributed by atoms with Crippen LogP contribution in [0.25, 0.3) is 11.4 Å². The number of hydrogen-bond donors (Lipinski definition) is 0. The van der Waals surface area contributed by atoms with Crippen LogP contribution in [0.5, 0.6) is 0 Å². The van der Waals surface area contributed by atoms with E-state index < -0.39 is 15.6 Å². The smallest absolute Gasteiger partial charge is 0.246 e. The molecule has 176 valence electrons. The van der Waals surface area contributed by atoms with Crippen LogP contribution in [0, 0.1) is 0 Å². The lowest BCUT2D eigenvalue weighted by molar-refractivity contribution is -0.134. The lowest BCUT2D eigenvalue weighted by Gasteiger charge is -2.36. The van der Waals surface area contributed by atoms with Crippen LogP contribution in [0.15, 0.2) is 40.2 Å². The molecule has 0 unspecified atom stereocenters. The molecule has 0 bridgehead atoms. The number of nitrogens with zero attached hydrogens (tertiary/aromatic N) is 6. The second-order valence-corrected chi connectivity index (χ2v) is 11.7. The van der Waals surface area contributed by atoms with Gasteiger partial charge in [0.2, 0.25) is 15.9 Å². The van der Waals surface area contributed by atoms with E-state index in [1.165, 1.54) is 27.8 Å². The highest BCUT2D eigenvalue weighted by molar-refractivity contribution is 7.89. The molecule has 9 nitrogen and oxygen atoms in total. The molecule has 0 saturated carbocycles. The number of piperazine rings is 1. The molecule has 0 radical (unpaired) electrons. The average Bonchev–Trinajstić information content (AvgIpc) is 3.45. The van der Waals surface area contributed by atoms with Crippen molar-refractivity contribution in [2.24, 2.45) is 0 Å². The van der Waals surface area contributed by atoms with Crippen LogP contribution in [-0.4, -0.2) is 69.7 Å². The number of aromatic nitrogens is 4. The summed E-state index contributed by atoms with van der Waals surface area (Å²) in [5, 5.41) is 10.4. The van der Waals surface area contributed by atoms with Gasteiger partial charge in [0, 0.05) is 31.6 Å². The van der Waals surface area contributed by atoms with Gasteiger partial charge in [-0.15, -0.1) is 16.4 Å². The summed E-state index contributed by atoms with van der Waals surface area (Å²) >= 11 is 13.7. The first-order valence-corrected chi connectivity index (χ1v) is 13.3. The second-order valence-electron chi connectivity index (χ2n) is 8.25. The lowest BCUT2D eigenvalue weighted by atomic mass is 10.00. The molecule has 1 aromatic carbocycles. The van der Waals surface area contributed by atoms with Crippen LogP contribution >= 0.6 is 34.5 Å². The van der Waals surface area contributed by atoms with E-state index in [4.69, 9.17) is 23.2 Å². The molecule has 1 aliphatic heterocycles. The molecule has 4 rings (SSSR count). The maximum atomic E-state index is 13.0. The van der Waals surface area contributed by atoms with E-state index in [2.05, 4.69) is 15.3 Å². The Morgan fingerprint density at radius 2 is 1.79 bits per heavy atom. The van der Waals surface area contributed by atoms with Crippen LogP contribution in [0.3, 0.4) is 0 Å². The molecule has 0 aliphatic carbocycles. The fraction of sp³-hybridized carbons (Fsp3) is 0.400. The van der Waals surface area contributed by atoms with E-state index >= 15 is 0 Å². The maximum Gasteiger partial charge on any atom is 0.246 e. The maximum absolute atomic E-state index is 13.0. The number of thiazole rings is 1. The van der Waals surface area contributed by atoms with E-state index in [0.717, 1.165) is 5.69 Å². The SMILES string of the molecule is CC(C)(CC(=O)N1CCN(S(=O)(=O)c2c(Cl)cccc2Cl)CC1)n1cc(-c2cscn2)nn1. The Labute approximate surface area is 206 Å². The van der Waals surface area contributed by atoms with Crippen molar-refractivity contribution in [3.8, 4) is 11.4 Å². The summed E-state index contributed by atoms with van der Waals surface area (Å²) in [6.45, 7) is 4.69. The third kappa shape index (κ3) is 4.92. The highest BCUT2D eigenvalue weighted by atomic mass is 35.5. The zero-order valence-electron chi connectivity index (χ0n) is 18.0. The Hall–Kier alpha value is -2.05. The van der Waals surface area contributed by atoms with Gasteiger partial charge >= 0.3 is 0 Å². The summed E-state index contributed by atoms with van der Waals surface area (Å²) in [5.41, 5.74) is 2.49. The summed E-state index contributed by atoms with van der Waals surface area (Å²) in [6, 6.07) is 4.58. The van der Waals surface area contributed by atoms with Crippen molar-refractivity contribution >= 4 is 50.5 Å². The quantitative estimate of drug-likeness (QED) is 0.486. The lowest BCUT2D eigenvalue weighted by Crippen LogP contribution is -2.51. The summed E-state index contributed by atoms with van der Waals surface area (Å²) < 4.78 is 29.1. The highest BCUT2D eigenvalue weighted by Gasteiger charge is 2.35. The Bertz CT molecular complexity index is 1230. The molecule has 0 spiro atoms. The molecule has 1 aliphatic rings. The molecule has 13 heteroatoms. The van der Waals surface area contributed by atoms with Gasteiger partial charge in [-0.1, -0.05) is 34.5 Å². The van der Waals surface area contributed by atoms with E-state index in [0.29, 0.717) is 5.69 Å². The van der Waals surface area contributed by atoms with Gasteiger partial charge in [-0.2, -0.15) is 4.31 Å². The zero-order valence-corrected chi connectivity index (χ0v) is 21.1. The van der Waals surface area contributed by atoms with Crippen LogP contribution in [0.1, 0.15) is 20.3 Å². The summed E-state index contributed by atoms with van der Waals surface area (Å²) in [4.78, 5) is 18.8. The van der Waals surface area contributed by atoms with E-state index in [1.807, 2.05) is 19.2 Å². The number of benzene rings is 1. The number of carbonyl (C=O) groups is 1. The fourth-order valence-electron chi connectivity index (χ4n) is 3.61. The minimum atomic E-state index is -3.87. The van der Waals surface area contributed by atoms with Crippen molar-refractivity contribution in [2.45, 2.75) is 30.7 Å². The fourth-order valence-corrected chi connectivity index (χ4v) is 6.67. The van der Waals surface area contributed by atoms with Gasteiger partial charge < -0.3 is 4.90 Å². The second kappa shape index (κ2) is 9.30. The minimum Gasteiger partial charge on any atom is -0.340 e. The number of sulfonamides is 1. The molecule has 0 atom stereocenters. The van der Waals surface area contributed by atoms with Crippen LogP contribution in [0.4, 0.5) is 0 Å². The third-order valence-corrected chi connectivity index (χ3v) is 8.94. The van der Waals surface area contributed by atoms with Crippen LogP contribution < -0.4 is 0 Å². The Morgan fingerprint density at radius 1 is 1.12 bits per heavy atom. The van der Waals surface area contributed by atoms with Gasteiger partial charge in [0.1, 0.15) is 16.3 Å². The molecule has 33 heavy (non-hydrogen) atoms. The van der Waals surface area contributed by atoms with Crippen LogP contribution in [-0.2, 0) is 20.4 Å². The van der Waals surface area contributed by atoms with Crippen molar-refractivity contribution in [3.63, 3.8) is 0 Å². The molecule has 3 heterocycles. The highest BCUT2D eigenvalue weighted by Crippen LogP contribution is 2.32. The van der Waals surface area contributed by atoms with E-state index in [1.54, 1.807) is 27.4 Å². The molecule has 3 aromatic rings. The predicted molar refractivity (Wildman–Crippen MR) is 127 cm³/mol. The van der Waals surface area contributed by atoms with Gasteiger partial charge in [0.15, 0.2) is 0 Å². The Balaban J connectivity index is 1.40. The Kier molecular flexibility index (Phi) is 6.79. The van der Waals surface area contributed by atoms with Crippen molar-refractivity contribution in [1.82, 2.24) is 29.2 Å². The van der Waals surface area contributed by atoms with Crippen molar-refractivity contribution in [2.75, 3.05) is 26.2 Å². The Morgan fingerprint density at radius 3 is 2.39 bits per heavy atom. The van der Waals surface area contributed by atoms with Gasteiger partial charge in [0.25, 0.3) is 0 Å². The predicted octanol–water partition coefficient (Wildman–Crippen LogP) is 3.37. The molecule has 2 aromatic heterocycles. The van der Waals surface area contributed by atoms with Crippen molar-refractivity contribution in [1.29, 1.82) is 0 Å². The first-order valence-electron chi connectivity index (χ1n) is 10.1. The van der Waals surface area contributed by atoms with Crippen molar-refractivity contribution < 1.29 is 13.2 Å². The summed E-state index contributed by atoms with van der Waals surface area (Å²) in [5.74, 6) is -0.0847. The molecular formula is C20H22Cl2N6O3S2. The van der Waals surface area contributed by atoms with Gasteiger partial charge in [-0.3, -0.25) is 4.79 Å². The largest absolute Gasteiger partial charge is 0.340 e. The normalized spacial score (nSPS) is 15.7. The number of amides is 1. The topological polar surface area (TPSA) is 101 Å². The molecule has 1 saturated heterocycles. The summed E-state index contributed by atoms with van der Waals surface area (Å²) in [6.07, 6.45) is 1.97. The van der Waals surface area contributed by atoms with E-state index in [9.17, 15) is 13.2 Å². The minimum absolute atomic E-state index is 0.0765. The number of halogens is 2. The van der Waals surface area contributed by atoms with Crippen LogP contribution in [0.2, 0.25) is 10.0 Å². The van der Waals surface area contributed by atoms with Gasteiger partial charge in [-0.05, 0) is 26.0 Å². The van der Waals surface area contributed by atoms with Gasteiger partial charge in [-0.25, -0.2) is 18.1 Å². The van der Waals surface area contributed by atoms with Crippen molar-refractivity contribution in [3.05, 3.63) is 45.3 Å². The molecule has 0 N–H and O–H groups in total. The number of hydrogen-bond acceptors (Lipinski definition) is 7. The number of rotatable bonds is 6. The first-order chi connectivity index (χ1) is 15.6. The number of carbonyl (C=O) groups excluding carboxylic acids is 1. The molecule has 1 fully saturated rings. The summed E-state index contributed by atoms with van der Waals surface area (Å²) in [7, 11) is -3.87. The third-order valence-electron chi connectivity index (χ3n) is 5.50. The standard InChI is InChI=1S/C20H22Cl2N6O3S2/c1-20(2,28-11-16(24-25-28)17-12-32-13-23-17)10-18(29)26-6-8-27(9-7-26)33(30,31)19-14(21)4-3-5-15(19)22/h3-5,11-13H,6-10H2,1-2H3. The van der Waals surface area contributed by atoms with E-state index in [-0.39, 0.29) is 53.4 Å². The first kappa shape index (κ1) is 24.1. The monoisotopic (exact) mass is 528 g/mol. The molecule has 1 amide bonds. The molecular weight excluding hydrogens is 507 g/mol.